The van der Waals surface area contributed by atoms with E-state index >= 15 is 0 Å². The number of likely N-dealkylation sites (tertiary alicyclic amines) is 1. The molecule has 4 rings (SSSR count). The highest BCUT2D eigenvalue weighted by Crippen LogP contribution is 2.34. The number of aromatic nitrogens is 1. The zero-order valence-corrected chi connectivity index (χ0v) is 15.2. The Hall–Kier alpha value is -2.38. The SMILES string of the molecule is N#Cc1ccc(N2CCC[C@@H]2C2CCN(Cc3ccccc3)CC2)nc1. The molecule has 4 nitrogen and oxygen atoms in total. The van der Waals surface area contributed by atoms with Gasteiger partial charge >= 0.3 is 0 Å². The smallest absolute Gasteiger partial charge is 0.128 e. The van der Waals surface area contributed by atoms with Gasteiger partial charge in [0.15, 0.2) is 0 Å². The highest BCUT2D eigenvalue weighted by Gasteiger charge is 2.34. The summed E-state index contributed by atoms with van der Waals surface area (Å²) in [7, 11) is 0. The first-order valence-corrected chi connectivity index (χ1v) is 9.72. The lowest BCUT2D eigenvalue weighted by Crippen LogP contribution is -2.42. The van der Waals surface area contributed by atoms with Crippen molar-refractivity contribution >= 4 is 5.82 Å². The van der Waals surface area contributed by atoms with Gasteiger partial charge in [-0.2, -0.15) is 5.26 Å². The minimum Gasteiger partial charge on any atom is -0.353 e. The van der Waals surface area contributed by atoms with Crippen molar-refractivity contribution in [1.29, 1.82) is 5.26 Å². The number of anilines is 1. The van der Waals surface area contributed by atoms with Crippen molar-refractivity contribution in [3.05, 3.63) is 59.8 Å². The van der Waals surface area contributed by atoms with Crippen LogP contribution in [-0.2, 0) is 6.54 Å². The van der Waals surface area contributed by atoms with Gasteiger partial charge in [-0.1, -0.05) is 30.3 Å². The fraction of sp³-hybridized carbons (Fsp3) is 0.455. The quantitative estimate of drug-likeness (QED) is 0.844. The maximum absolute atomic E-state index is 8.97. The van der Waals surface area contributed by atoms with Gasteiger partial charge in [0.2, 0.25) is 0 Å². The van der Waals surface area contributed by atoms with Gasteiger partial charge in [-0.15, -0.1) is 0 Å². The van der Waals surface area contributed by atoms with Crippen LogP contribution < -0.4 is 4.90 Å². The van der Waals surface area contributed by atoms with Gasteiger partial charge in [-0.3, -0.25) is 4.90 Å². The van der Waals surface area contributed by atoms with E-state index in [2.05, 4.69) is 51.2 Å². The molecule has 4 heteroatoms. The van der Waals surface area contributed by atoms with Crippen molar-refractivity contribution in [3.8, 4) is 6.07 Å². The van der Waals surface area contributed by atoms with Crippen molar-refractivity contribution < 1.29 is 0 Å². The van der Waals surface area contributed by atoms with Crippen LogP contribution in [0.4, 0.5) is 5.82 Å². The van der Waals surface area contributed by atoms with Crippen molar-refractivity contribution in [2.24, 2.45) is 5.92 Å². The summed E-state index contributed by atoms with van der Waals surface area (Å²) in [5.74, 6) is 1.79. The van der Waals surface area contributed by atoms with Crippen LogP contribution in [0.15, 0.2) is 48.7 Å². The van der Waals surface area contributed by atoms with E-state index < -0.39 is 0 Å². The zero-order valence-electron chi connectivity index (χ0n) is 15.2. The lowest BCUT2D eigenvalue weighted by molar-refractivity contribution is 0.162. The summed E-state index contributed by atoms with van der Waals surface area (Å²) >= 11 is 0. The second-order valence-electron chi connectivity index (χ2n) is 7.52. The molecule has 3 heterocycles. The first-order chi connectivity index (χ1) is 12.8. The molecule has 2 fully saturated rings. The molecule has 0 radical (unpaired) electrons. The van der Waals surface area contributed by atoms with Crippen LogP contribution in [0.5, 0.6) is 0 Å². The van der Waals surface area contributed by atoms with E-state index in [1.165, 1.54) is 44.3 Å². The Bertz CT molecular complexity index is 742. The van der Waals surface area contributed by atoms with Crippen LogP contribution >= 0.6 is 0 Å². The van der Waals surface area contributed by atoms with Gasteiger partial charge < -0.3 is 4.90 Å². The standard InChI is InChI=1S/C22H26N4/c23-15-19-8-9-22(24-16-19)26-12-4-7-21(26)20-10-13-25(14-11-20)17-18-5-2-1-3-6-18/h1-3,5-6,8-9,16,20-21H,4,7,10-14,17H2/t21-/m1/s1. The fourth-order valence-corrected chi connectivity index (χ4v) is 4.53. The first-order valence-electron chi connectivity index (χ1n) is 9.72. The van der Waals surface area contributed by atoms with E-state index in [0.29, 0.717) is 11.6 Å². The molecular formula is C22H26N4. The van der Waals surface area contributed by atoms with Crippen molar-refractivity contribution in [2.75, 3.05) is 24.5 Å². The number of rotatable bonds is 4. The summed E-state index contributed by atoms with van der Waals surface area (Å²) in [6, 6.07) is 17.5. The molecule has 0 saturated carbocycles. The minimum atomic E-state index is 0.606. The van der Waals surface area contributed by atoms with E-state index in [0.717, 1.165) is 24.8 Å². The Labute approximate surface area is 156 Å². The highest BCUT2D eigenvalue weighted by molar-refractivity contribution is 5.44. The number of nitrogens with zero attached hydrogens (tertiary/aromatic N) is 4. The molecule has 1 aromatic heterocycles. The third kappa shape index (κ3) is 3.73. The van der Waals surface area contributed by atoms with Crippen LogP contribution in [-0.4, -0.2) is 35.6 Å². The van der Waals surface area contributed by atoms with Crippen molar-refractivity contribution in [1.82, 2.24) is 9.88 Å². The van der Waals surface area contributed by atoms with E-state index in [4.69, 9.17) is 5.26 Å². The first kappa shape index (κ1) is 17.1. The van der Waals surface area contributed by atoms with Gasteiger partial charge in [0.1, 0.15) is 11.9 Å². The van der Waals surface area contributed by atoms with E-state index in [1.54, 1.807) is 6.20 Å². The Kier molecular flexibility index (Phi) is 5.17. The topological polar surface area (TPSA) is 43.2 Å². The molecule has 0 spiro atoms. The van der Waals surface area contributed by atoms with Gasteiger partial charge in [0, 0.05) is 25.3 Å². The maximum Gasteiger partial charge on any atom is 0.128 e. The monoisotopic (exact) mass is 346 g/mol. The Balaban J connectivity index is 1.36. The predicted octanol–water partition coefficient (Wildman–Crippen LogP) is 3.83. The Morgan fingerprint density at radius 2 is 1.81 bits per heavy atom. The number of hydrogen-bond donors (Lipinski definition) is 0. The average molecular weight is 346 g/mol. The molecule has 1 aromatic carbocycles. The third-order valence-electron chi connectivity index (χ3n) is 5.90. The maximum atomic E-state index is 8.97. The summed E-state index contributed by atoms with van der Waals surface area (Å²) in [4.78, 5) is 9.61. The predicted molar refractivity (Wildman–Crippen MR) is 104 cm³/mol. The lowest BCUT2D eigenvalue weighted by Gasteiger charge is -2.38. The molecule has 2 aliphatic heterocycles. The zero-order chi connectivity index (χ0) is 17.8. The fourth-order valence-electron chi connectivity index (χ4n) is 4.53. The van der Waals surface area contributed by atoms with E-state index in [1.807, 2.05) is 12.1 Å². The van der Waals surface area contributed by atoms with Gasteiger partial charge in [0.25, 0.3) is 0 Å². The van der Waals surface area contributed by atoms with E-state index in [-0.39, 0.29) is 0 Å². The van der Waals surface area contributed by atoms with Crippen molar-refractivity contribution in [3.63, 3.8) is 0 Å². The summed E-state index contributed by atoms with van der Waals surface area (Å²) in [5.41, 5.74) is 2.05. The van der Waals surface area contributed by atoms with Crippen LogP contribution in [0.2, 0.25) is 0 Å². The Morgan fingerprint density at radius 1 is 1.00 bits per heavy atom. The molecule has 0 N–H and O–H groups in total. The van der Waals surface area contributed by atoms with Crippen LogP contribution in [0.3, 0.4) is 0 Å². The molecule has 2 aliphatic rings. The molecule has 0 bridgehead atoms. The van der Waals surface area contributed by atoms with Crippen LogP contribution in [0, 0.1) is 17.2 Å². The minimum absolute atomic E-state index is 0.606. The van der Waals surface area contributed by atoms with Crippen LogP contribution in [0.1, 0.15) is 36.8 Å². The normalized spacial score (nSPS) is 21.7. The molecule has 1 atom stereocenters. The molecule has 2 aromatic rings. The Morgan fingerprint density at radius 3 is 2.50 bits per heavy atom. The number of pyridine rings is 1. The number of piperidine rings is 1. The number of nitriles is 1. The average Bonchev–Trinajstić information content (AvgIpc) is 3.19. The molecule has 0 unspecified atom stereocenters. The number of benzene rings is 1. The highest BCUT2D eigenvalue weighted by atomic mass is 15.2. The molecule has 0 amide bonds. The summed E-state index contributed by atoms with van der Waals surface area (Å²) < 4.78 is 0. The third-order valence-corrected chi connectivity index (χ3v) is 5.90. The van der Waals surface area contributed by atoms with Gasteiger partial charge in [0.05, 0.1) is 5.56 Å². The summed E-state index contributed by atoms with van der Waals surface area (Å²) in [6.07, 6.45) is 6.75. The second-order valence-corrected chi connectivity index (χ2v) is 7.52. The molecule has 2 saturated heterocycles. The van der Waals surface area contributed by atoms with Gasteiger partial charge in [-0.25, -0.2) is 4.98 Å². The lowest BCUT2D eigenvalue weighted by atomic mass is 9.87. The molecule has 134 valence electrons. The van der Waals surface area contributed by atoms with Crippen molar-refractivity contribution in [2.45, 2.75) is 38.3 Å². The van der Waals surface area contributed by atoms with Gasteiger partial charge in [-0.05, 0) is 62.4 Å². The molecular weight excluding hydrogens is 320 g/mol. The van der Waals surface area contributed by atoms with Crippen LogP contribution in [0.25, 0.3) is 0 Å². The molecule has 26 heavy (non-hydrogen) atoms. The summed E-state index contributed by atoms with van der Waals surface area (Å²) in [5, 5.41) is 8.97. The summed E-state index contributed by atoms with van der Waals surface area (Å²) in [6.45, 7) is 4.53. The number of hydrogen-bond acceptors (Lipinski definition) is 4. The largest absolute Gasteiger partial charge is 0.353 e. The van der Waals surface area contributed by atoms with E-state index in [9.17, 15) is 0 Å². The molecule has 0 aliphatic carbocycles. The second kappa shape index (κ2) is 7.88.